The van der Waals surface area contributed by atoms with Gasteiger partial charge in [-0.25, -0.2) is 9.67 Å². The van der Waals surface area contributed by atoms with Crippen molar-refractivity contribution in [3.05, 3.63) is 70.7 Å². The van der Waals surface area contributed by atoms with Crippen molar-refractivity contribution in [1.29, 1.82) is 0 Å². The molecule has 5 nitrogen and oxygen atoms in total. The van der Waals surface area contributed by atoms with Crippen LogP contribution in [0.25, 0.3) is 5.69 Å². The molecule has 7 heteroatoms. The van der Waals surface area contributed by atoms with E-state index in [1.807, 2.05) is 16.9 Å². The smallest absolute Gasteiger partial charge is 0.191 e. The Morgan fingerprint density at radius 2 is 2.04 bits per heavy atom. The van der Waals surface area contributed by atoms with Crippen LogP contribution in [-0.4, -0.2) is 28.8 Å². The fourth-order valence-corrected chi connectivity index (χ4v) is 3.39. The molecule has 3 rings (SSSR count). The molecule has 0 aliphatic carbocycles. The Labute approximate surface area is 181 Å². The van der Waals surface area contributed by atoms with Gasteiger partial charge in [-0.3, -0.25) is 0 Å². The van der Waals surface area contributed by atoms with E-state index in [1.165, 1.54) is 11.1 Å². The van der Waals surface area contributed by atoms with E-state index in [9.17, 15) is 0 Å². The second-order valence-corrected chi connectivity index (χ2v) is 6.93. The molecule has 144 valence electrons. The predicted molar refractivity (Wildman–Crippen MR) is 125 cm³/mol. The van der Waals surface area contributed by atoms with E-state index in [0.717, 1.165) is 24.7 Å². The Bertz CT molecular complexity index is 798. The Morgan fingerprint density at radius 1 is 1.22 bits per heavy atom. The van der Waals surface area contributed by atoms with E-state index in [2.05, 4.69) is 70.7 Å². The van der Waals surface area contributed by atoms with Gasteiger partial charge in [0.05, 0.1) is 12.2 Å². The Hall–Kier alpha value is -1.87. The normalized spacial score (nSPS) is 12.3. The highest BCUT2D eigenvalue weighted by atomic mass is 127. The average Bonchev–Trinajstić information content (AvgIpc) is 3.38. The third-order valence-electron chi connectivity index (χ3n) is 4.16. The van der Waals surface area contributed by atoms with Gasteiger partial charge in [0.15, 0.2) is 5.96 Å². The second kappa shape index (κ2) is 11.1. The molecule has 0 fully saturated rings. The highest BCUT2D eigenvalue weighted by Crippen LogP contribution is 2.17. The number of nitrogens with one attached hydrogen (secondary N) is 2. The quantitative estimate of drug-likeness (QED) is 0.290. The number of aliphatic imine (C=N–C) groups is 1. The average molecular weight is 495 g/mol. The van der Waals surface area contributed by atoms with E-state index >= 15 is 0 Å². The lowest BCUT2D eigenvalue weighted by Gasteiger charge is -2.15. The standard InChI is InChI=1S/C20H25N5S.HI/c1-3-21-20(22-13-16(2)18-9-12-26-15-18)23-14-17-5-7-19(8-6-17)25-11-4-10-24-25;/h4-12,15-16H,3,13-14H2,1-2H3,(H2,21,22,23);1H. The van der Waals surface area contributed by atoms with E-state index in [1.54, 1.807) is 17.5 Å². The summed E-state index contributed by atoms with van der Waals surface area (Å²) in [5, 5.41) is 15.3. The van der Waals surface area contributed by atoms with Crippen LogP contribution in [0.5, 0.6) is 0 Å². The molecule has 1 unspecified atom stereocenters. The lowest BCUT2D eigenvalue weighted by molar-refractivity contribution is 0.701. The van der Waals surface area contributed by atoms with Gasteiger partial charge in [-0.15, -0.1) is 24.0 Å². The summed E-state index contributed by atoms with van der Waals surface area (Å²) in [5.41, 5.74) is 3.59. The number of aromatic nitrogens is 2. The number of nitrogens with zero attached hydrogens (tertiary/aromatic N) is 3. The molecule has 2 heterocycles. The van der Waals surface area contributed by atoms with Gasteiger partial charge >= 0.3 is 0 Å². The van der Waals surface area contributed by atoms with Crippen molar-refractivity contribution in [2.45, 2.75) is 26.3 Å². The molecule has 1 aromatic carbocycles. The number of hydrogen-bond donors (Lipinski definition) is 2. The molecule has 2 aromatic heterocycles. The molecule has 0 saturated heterocycles. The van der Waals surface area contributed by atoms with Crippen LogP contribution in [-0.2, 0) is 6.54 Å². The summed E-state index contributed by atoms with van der Waals surface area (Å²) in [5.74, 6) is 1.31. The van der Waals surface area contributed by atoms with E-state index in [4.69, 9.17) is 4.99 Å². The van der Waals surface area contributed by atoms with Crippen molar-refractivity contribution in [2.75, 3.05) is 13.1 Å². The third-order valence-corrected chi connectivity index (χ3v) is 4.86. The largest absolute Gasteiger partial charge is 0.357 e. The number of benzene rings is 1. The van der Waals surface area contributed by atoms with Crippen molar-refractivity contribution in [3.63, 3.8) is 0 Å². The number of halogens is 1. The summed E-state index contributed by atoms with van der Waals surface area (Å²) in [4.78, 5) is 4.70. The SMILES string of the molecule is CCNC(=NCc1ccc(-n2cccn2)cc1)NCC(C)c1ccsc1.I. The second-order valence-electron chi connectivity index (χ2n) is 6.15. The van der Waals surface area contributed by atoms with Crippen molar-refractivity contribution in [2.24, 2.45) is 4.99 Å². The number of thiophene rings is 1. The summed E-state index contributed by atoms with van der Waals surface area (Å²) in [6, 6.07) is 12.4. The number of guanidine groups is 1. The van der Waals surface area contributed by atoms with Crippen LogP contribution in [0.15, 0.2) is 64.5 Å². The minimum Gasteiger partial charge on any atom is -0.357 e. The fraction of sp³-hybridized carbons (Fsp3) is 0.300. The molecule has 0 amide bonds. The van der Waals surface area contributed by atoms with E-state index < -0.39 is 0 Å². The first-order chi connectivity index (χ1) is 12.8. The first kappa shape index (κ1) is 21.4. The van der Waals surface area contributed by atoms with Crippen LogP contribution >= 0.6 is 35.3 Å². The summed E-state index contributed by atoms with van der Waals surface area (Å²) in [6.45, 7) is 6.66. The van der Waals surface area contributed by atoms with Gasteiger partial charge in [-0.1, -0.05) is 19.1 Å². The van der Waals surface area contributed by atoms with Gasteiger partial charge in [-0.05, 0) is 59.0 Å². The van der Waals surface area contributed by atoms with Crippen LogP contribution in [0, 0.1) is 0 Å². The molecule has 0 radical (unpaired) electrons. The molecule has 2 N–H and O–H groups in total. The maximum atomic E-state index is 4.70. The van der Waals surface area contributed by atoms with E-state index in [-0.39, 0.29) is 24.0 Å². The number of hydrogen-bond acceptors (Lipinski definition) is 3. The summed E-state index contributed by atoms with van der Waals surface area (Å²) in [7, 11) is 0. The molecule has 0 aliphatic rings. The molecule has 1 atom stereocenters. The Morgan fingerprint density at radius 3 is 2.67 bits per heavy atom. The van der Waals surface area contributed by atoms with Crippen LogP contribution < -0.4 is 10.6 Å². The van der Waals surface area contributed by atoms with Gasteiger partial charge in [0.1, 0.15) is 0 Å². The molecule has 0 saturated carbocycles. The van der Waals surface area contributed by atoms with Gasteiger partial charge < -0.3 is 10.6 Å². The molecular weight excluding hydrogens is 469 g/mol. The summed E-state index contributed by atoms with van der Waals surface area (Å²) < 4.78 is 1.85. The predicted octanol–water partition coefficient (Wildman–Crippen LogP) is 4.41. The maximum absolute atomic E-state index is 4.70. The Balaban J connectivity index is 0.00000261. The van der Waals surface area contributed by atoms with Crippen LogP contribution in [0.2, 0.25) is 0 Å². The summed E-state index contributed by atoms with van der Waals surface area (Å²) >= 11 is 1.74. The zero-order chi connectivity index (χ0) is 18.2. The van der Waals surface area contributed by atoms with Gasteiger partial charge in [0.25, 0.3) is 0 Å². The third kappa shape index (κ3) is 6.35. The van der Waals surface area contributed by atoms with E-state index in [0.29, 0.717) is 12.5 Å². The highest BCUT2D eigenvalue weighted by Gasteiger charge is 2.07. The van der Waals surface area contributed by atoms with Crippen LogP contribution in [0.1, 0.15) is 30.9 Å². The van der Waals surface area contributed by atoms with Gasteiger partial charge in [-0.2, -0.15) is 16.4 Å². The zero-order valence-electron chi connectivity index (χ0n) is 15.6. The Kier molecular flexibility index (Phi) is 8.80. The highest BCUT2D eigenvalue weighted by molar-refractivity contribution is 14.0. The first-order valence-corrected chi connectivity index (χ1v) is 9.83. The topological polar surface area (TPSA) is 54.2 Å². The molecule has 0 spiro atoms. The molecule has 27 heavy (non-hydrogen) atoms. The number of rotatable bonds is 7. The molecule has 0 aliphatic heterocycles. The van der Waals surface area contributed by atoms with Crippen molar-refractivity contribution in [3.8, 4) is 5.69 Å². The monoisotopic (exact) mass is 495 g/mol. The van der Waals surface area contributed by atoms with Gasteiger partial charge in [0, 0.05) is 25.5 Å². The summed E-state index contributed by atoms with van der Waals surface area (Å²) in [6.07, 6.45) is 3.72. The van der Waals surface area contributed by atoms with Gasteiger partial charge in [0.2, 0.25) is 0 Å². The molecule has 3 aromatic rings. The first-order valence-electron chi connectivity index (χ1n) is 8.89. The minimum atomic E-state index is 0. The van der Waals surface area contributed by atoms with Crippen LogP contribution in [0.4, 0.5) is 0 Å². The lowest BCUT2D eigenvalue weighted by atomic mass is 10.1. The maximum Gasteiger partial charge on any atom is 0.191 e. The molecular formula is C20H26IN5S. The van der Waals surface area contributed by atoms with Crippen LogP contribution in [0.3, 0.4) is 0 Å². The molecule has 0 bridgehead atoms. The minimum absolute atomic E-state index is 0. The lowest BCUT2D eigenvalue weighted by Crippen LogP contribution is -2.39. The van der Waals surface area contributed by atoms with Crippen molar-refractivity contribution >= 4 is 41.3 Å². The van der Waals surface area contributed by atoms with Crippen molar-refractivity contribution in [1.82, 2.24) is 20.4 Å². The zero-order valence-corrected chi connectivity index (χ0v) is 18.8. The fourth-order valence-electron chi connectivity index (χ4n) is 2.61. The van der Waals surface area contributed by atoms with Crippen molar-refractivity contribution < 1.29 is 0 Å².